The van der Waals surface area contributed by atoms with Gasteiger partial charge >= 0.3 is 7.12 Å². The van der Waals surface area contributed by atoms with Gasteiger partial charge < -0.3 is 13.9 Å². The van der Waals surface area contributed by atoms with Gasteiger partial charge in [-0.3, -0.25) is 0 Å². The van der Waals surface area contributed by atoms with E-state index in [-0.39, 0.29) is 18.3 Å². The molecule has 3 nitrogen and oxygen atoms in total. The lowest BCUT2D eigenvalue weighted by Crippen LogP contribution is -2.41. The molecule has 1 saturated heterocycles. The van der Waals surface area contributed by atoms with Crippen molar-refractivity contribution in [2.75, 3.05) is 0 Å². The number of aryl methyl sites for hydroxylation is 2. The molecule has 0 saturated carbocycles. The predicted octanol–water partition coefficient (Wildman–Crippen LogP) is 2.79. The number of fused-ring (bicyclic) bond motifs is 1. The van der Waals surface area contributed by atoms with Gasteiger partial charge in [0.2, 0.25) is 0 Å². The summed E-state index contributed by atoms with van der Waals surface area (Å²) in [5, 5.41) is 1.26. The van der Waals surface area contributed by atoms with Crippen LogP contribution in [0.4, 0.5) is 0 Å². The van der Waals surface area contributed by atoms with E-state index in [9.17, 15) is 0 Å². The molecular formula is C16H22BNO2. The molecule has 0 radical (unpaired) electrons. The highest BCUT2D eigenvalue weighted by molar-refractivity contribution is 6.61. The first kappa shape index (κ1) is 13.7. The molecule has 0 spiro atoms. The normalized spacial score (nSPS) is 20.8. The van der Waals surface area contributed by atoms with Gasteiger partial charge in [-0.05, 0) is 52.3 Å². The lowest BCUT2D eigenvalue weighted by Gasteiger charge is -2.32. The fourth-order valence-corrected chi connectivity index (χ4v) is 2.72. The third-order valence-corrected chi connectivity index (χ3v) is 4.84. The molecular weight excluding hydrogens is 249 g/mol. The van der Waals surface area contributed by atoms with Gasteiger partial charge in [0.1, 0.15) is 0 Å². The molecule has 0 bridgehead atoms. The van der Waals surface area contributed by atoms with Crippen molar-refractivity contribution >= 4 is 23.6 Å². The lowest BCUT2D eigenvalue weighted by atomic mass is 9.84. The number of hydrogen-bond acceptors (Lipinski definition) is 2. The van der Waals surface area contributed by atoms with Gasteiger partial charge in [-0.1, -0.05) is 12.1 Å². The Kier molecular flexibility index (Phi) is 2.83. The van der Waals surface area contributed by atoms with Crippen LogP contribution in [-0.2, 0) is 16.4 Å². The number of aromatic nitrogens is 1. The average molecular weight is 271 g/mol. The van der Waals surface area contributed by atoms with E-state index < -0.39 is 0 Å². The first-order valence-electron chi connectivity index (χ1n) is 7.13. The molecule has 1 aromatic heterocycles. The van der Waals surface area contributed by atoms with Crippen LogP contribution >= 0.6 is 0 Å². The molecule has 1 aliphatic heterocycles. The monoisotopic (exact) mass is 271 g/mol. The molecule has 1 aromatic carbocycles. The molecule has 0 N–H and O–H groups in total. The van der Waals surface area contributed by atoms with E-state index in [0.717, 1.165) is 5.59 Å². The minimum absolute atomic E-state index is 0.302. The maximum atomic E-state index is 6.16. The maximum Gasteiger partial charge on any atom is 0.512 e. The van der Waals surface area contributed by atoms with E-state index in [1.165, 1.54) is 16.5 Å². The standard InChI is InChI=1S/C16H22BNO2/c1-11-8-7-9-13-12(11)10-14(18(13)6)17-19-15(2,3)16(4,5)20-17/h7-10H,1-6H3. The van der Waals surface area contributed by atoms with Crippen LogP contribution in [0, 0.1) is 6.92 Å². The molecule has 106 valence electrons. The average Bonchev–Trinajstić information content (AvgIpc) is 2.77. The van der Waals surface area contributed by atoms with Crippen LogP contribution in [0.15, 0.2) is 24.3 Å². The third-order valence-electron chi connectivity index (χ3n) is 4.84. The van der Waals surface area contributed by atoms with E-state index >= 15 is 0 Å². The smallest absolute Gasteiger partial charge is 0.398 e. The second kappa shape index (κ2) is 4.12. The quantitative estimate of drug-likeness (QED) is 0.744. The van der Waals surface area contributed by atoms with Crippen LogP contribution in [0.5, 0.6) is 0 Å². The zero-order chi connectivity index (χ0) is 14.7. The van der Waals surface area contributed by atoms with Gasteiger partial charge in [-0.2, -0.15) is 0 Å². The third kappa shape index (κ3) is 1.82. The summed E-state index contributed by atoms with van der Waals surface area (Å²) in [5.41, 5.74) is 2.97. The predicted molar refractivity (Wildman–Crippen MR) is 83.4 cm³/mol. The first-order valence-corrected chi connectivity index (χ1v) is 7.13. The molecule has 2 heterocycles. The van der Waals surface area contributed by atoms with Crippen LogP contribution in [0.25, 0.3) is 10.9 Å². The summed E-state index contributed by atoms with van der Waals surface area (Å²) in [6.07, 6.45) is 0. The molecule has 4 heteroatoms. The van der Waals surface area contributed by atoms with Crippen LogP contribution in [0.1, 0.15) is 33.3 Å². The second-order valence-electron chi connectivity index (χ2n) is 6.72. The Morgan fingerprint density at radius 1 is 1.05 bits per heavy atom. The second-order valence-corrected chi connectivity index (χ2v) is 6.72. The minimum atomic E-state index is -0.309. The highest BCUT2D eigenvalue weighted by atomic mass is 16.7. The summed E-state index contributed by atoms with van der Waals surface area (Å²) in [6.45, 7) is 10.5. The molecule has 0 unspecified atom stereocenters. The van der Waals surface area contributed by atoms with Crippen molar-refractivity contribution in [2.45, 2.75) is 45.8 Å². The van der Waals surface area contributed by atoms with Crippen molar-refractivity contribution in [1.29, 1.82) is 0 Å². The van der Waals surface area contributed by atoms with E-state index in [1.807, 2.05) is 0 Å². The first-order chi connectivity index (χ1) is 9.23. The van der Waals surface area contributed by atoms with Gasteiger partial charge in [0.25, 0.3) is 0 Å². The van der Waals surface area contributed by atoms with Crippen molar-refractivity contribution in [2.24, 2.45) is 7.05 Å². The molecule has 0 aliphatic carbocycles. The van der Waals surface area contributed by atoms with Crippen LogP contribution < -0.4 is 5.59 Å². The maximum absolute atomic E-state index is 6.16. The number of nitrogens with zero attached hydrogens (tertiary/aromatic N) is 1. The number of rotatable bonds is 1. The Morgan fingerprint density at radius 3 is 2.20 bits per heavy atom. The molecule has 20 heavy (non-hydrogen) atoms. The van der Waals surface area contributed by atoms with E-state index in [1.54, 1.807) is 0 Å². The Hall–Kier alpha value is -1.26. The van der Waals surface area contributed by atoms with Crippen LogP contribution in [-0.4, -0.2) is 22.9 Å². The molecule has 3 rings (SSSR count). The van der Waals surface area contributed by atoms with Crippen molar-refractivity contribution in [3.8, 4) is 0 Å². The van der Waals surface area contributed by atoms with E-state index in [0.29, 0.717) is 0 Å². The fourth-order valence-electron chi connectivity index (χ4n) is 2.72. The van der Waals surface area contributed by atoms with Crippen molar-refractivity contribution < 1.29 is 9.31 Å². The van der Waals surface area contributed by atoms with Gasteiger partial charge in [0, 0.05) is 23.5 Å². The SMILES string of the molecule is Cc1cccc2c1cc(B1OC(C)(C)C(C)(C)O1)n2C. The molecule has 0 amide bonds. The highest BCUT2D eigenvalue weighted by Crippen LogP contribution is 2.36. The van der Waals surface area contributed by atoms with Gasteiger partial charge in [0.05, 0.1) is 11.2 Å². The van der Waals surface area contributed by atoms with Crippen molar-refractivity contribution in [1.82, 2.24) is 4.57 Å². The zero-order valence-electron chi connectivity index (χ0n) is 13.2. The summed E-state index contributed by atoms with van der Waals surface area (Å²) in [6, 6.07) is 8.55. The topological polar surface area (TPSA) is 23.4 Å². The fraction of sp³-hybridized carbons (Fsp3) is 0.500. The Balaban J connectivity index is 2.09. The molecule has 2 aromatic rings. The van der Waals surface area contributed by atoms with Gasteiger partial charge in [-0.15, -0.1) is 0 Å². The lowest BCUT2D eigenvalue weighted by molar-refractivity contribution is 0.00578. The Bertz CT molecular complexity index is 656. The van der Waals surface area contributed by atoms with E-state index in [4.69, 9.17) is 9.31 Å². The molecule has 0 atom stereocenters. The highest BCUT2D eigenvalue weighted by Gasteiger charge is 2.52. The Labute approximate surface area is 121 Å². The summed E-state index contributed by atoms with van der Waals surface area (Å²) in [7, 11) is 1.76. The van der Waals surface area contributed by atoms with Crippen molar-refractivity contribution in [3.05, 3.63) is 29.8 Å². The van der Waals surface area contributed by atoms with Gasteiger partial charge in [0.15, 0.2) is 0 Å². The van der Waals surface area contributed by atoms with Crippen LogP contribution in [0.2, 0.25) is 0 Å². The minimum Gasteiger partial charge on any atom is -0.398 e. The van der Waals surface area contributed by atoms with E-state index in [2.05, 4.69) is 70.5 Å². The zero-order valence-corrected chi connectivity index (χ0v) is 13.2. The van der Waals surface area contributed by atoms with Crippen LogP contribution in [0.3, 0.4) is 0 Å². The summed E-state index contributed by atoms with van der Waals surface area (Å²) >= 11 is 0. The van der Waals surface area contributed by atoms with Gasteiger partial charge in [-0.25, -0.2) is 0 Å². The summed E-state index contributed by atoms with van der Waals surface area (Å²) in [4.78, 5) is 0. The molecule has 1 fully saturated rings. The summed E-state index contributed by atoms with van der Waals surface area (Å²) in [5.74, 6) is 0. The number of hydrogen-bond donors (Lipinski definition) is 0. The number of benzene rings is 1. The van der Waals surface area contributed by atoms with Crippen molar-refractivity contribution in [3.63, 3.8) is 0 Å². The molecule has 1 aliphatic rings. The Morgan fingerprint density at radius 2 is 1.65 bits per heavy atom. The largest absolute Gasteiger partial charge is 0.512 e. The summed E-state index contributed by atoms with van der Waals surface area (Å²) < 4.78 is 14.5.